The van der Waals surface area contributed by atoms with Gasteiger partial charge >= 0.3 is 0 Å². The predicted octanol–water partition coefficient (Wildman–Crippen LogP) is 4.67. The Morgan fingerprint density at radius 3 is 2.78 bits per heavy atom. The summed E-state index contributed by atoms with van der Waals surface area (Å²) in [6, 6.07) is 11.4. The summed E-state index contributed by atoms with van der Waals surface area (Å²) in [6.07, 6.45) is 4.13. The van der Waals surface area contributed by atoms with E-state index in [2.05, 4.69) is 10.3 Å². The fourth-order valence-electron chi connectivity index (χ4n) is 2.77. The van der Waals surface area contributed by atoms with Crippen LogP contribution >= 0.6 is 11.3 Å². The maximum Gasteiger partial charge on any atom is 0.250 e. The second-order valence-electron chi connectivity index (χ2n) is 6.33. The lowest BCUT2D eigenvalue weighted by Crippen LogP contribution is -2.09. The average Bonchev–Trinajstić information content (AvgIpc) is 3.02. The van der Waals surface area contributed by atoms with Crippen molar-refractivity contribution in [3.8, 4) is 0 Å². The van der Waals surface area contributed by atoms with Gasteiger partial charge < -0.3 is 4.42 Å². The van der Waals surface area contributed by atoms with E-state index >= 15 is 0 Å². The molecule has 2 aromatic heterocycles. The molecule has 2 aromatic carbocycles. The van der Waals surface area contributed by atoms with Gasteiger partial charge in [-0.3, -0.25) is 14.9 Å². The highest BCUT2D eigenvalue weighted by atomic mass is 32.1. The number of amides is 1. The molecule has 0 atom stereocenters. The minimum Gasteiger partial charge on any atom is -0.463 e. The van der Waals surface area contributed by atoms with Crippen LogP contribution in [-0.2, 0) is 4.79 Å². The summed E-state index contributed by atoms with van der Waals surface area (Å²) in [7, 11) is 0. The number of carbonyl (C=O) groups is 1. The topological polar surface area (TPSA) is 72.2 Å². The third kappa shape index (κ3) is 3.52. The minimum atomic E-state index is -0.352. The highest BCUT2D eigenvalue weighted by Gasteiger charge is 2.08. The van der Waals surface area contributed by atoms with Crippen molar-refractivity contribution in [2.24, 2.45) is 0 Å². The standard InChI is InChI=1S/C21H16N2O3S/c1-12-4-7-17-15(9-12)20(25)14(11-26-17)5-8-19(24)23-21-22-16-6-3-13(2)10-18(16)27-21/h3-11H,1-2H3,(H,22,23,24)/b8-5+. The molecular weight excluding hydrogens is 360 g/mol. The second kappa shape index (κ2) is 6.81. The van der Waals surface area contributed by atoms with Crippen LogP contribution in [0.5, 0.6) is 0 Å². The molecule has 27 heavy (non-hydrogen) atoms. The Morgan fingerprint density at radius 1 is 1.15 bits per heavy atom. The molecule has 1 N–H and O–H groups in total. The lowest BCUT2D eigenvalue weighted by atomic mass is 10.1. The Bertz CT molecular complexity index is 1270. The van der Waals surface area contributed by atoms with Gasteiger partial charge in [0.1, 0.15) is 11.8 Å². The van der Waals surface area contributed by atoms with Crippen LogP contribution in [0.3, 0.4) is 0 Å². The second-order valence-corrected chi connectivity index (χ2v) is 7.36. The summed E-state index contributed by atoms with van der Waals surface area (Å²) in [5.41, 5.74) is 3.64. The molecule has 0 saturated heterocycles. The molecule has 6 heteroatoms. The van der Waals surface area contributed by atoms with E-state index in [0.717, 1.165) is 21.3 Å². The van der Waals surface area contributed by atoms with Crippen LogP contribution in [0.2, 0.25) is 0 Å². The molecule has 0 saturated carbocycles. The monoisotopic (exact) mass is 376 g/mol. The fourth-order valence-corrected chi connectivity index (χ4v) is 3.74. The number of hydrogen-bond acceptors (Lipinski definition) is 5. The van der Waals surface area contributed by atoms with E-state index in [1.165, 1.54) is 29.8 Å². The summed E-state index contributed by atoms with van der Waals surface area (Å²) in [4.78, 5) is 29.1. The zero-order valence-electron chi connectivity index (χ0n) is 14.8. The molecule has 4 rings (SSSR count). The van der Waals surface area contributed by atoms with Crippen molar-refractivity contribution >= 4 is 49.6 Å². The van der Waals surface area contributed by atoms with E-state index in [1.54, 1.807) is 12.1 Å². The van der Waals surface area contributed by atoms with E-state index in [9.17, 15) is 9.59 Å². The van der Waals surface area contributed by atoms with Gasteiger partial charge in [-0.15, -0.1) is 0 Å². The molecule has 1 amide bonds. The van der Waals surface area contributed by atoms with Crippen molar-refractivity contribution in [2.75, 3.05) is 5.32 Å². The van der Waals surface area contributed by atoms with Crippen molar-refractivity contribution in [1.29, 1.82) is 0 Å². The van der Waals surface area contributed by atoms with Gasteiger partial charge in [0.2, 0.25) is 5.91 Å². The predicted molar refractivity (Wildman–Crippen MR) is 109 cm³/mol. The molecule has 0 aliphatic rings. The van der Waals surface area contributed by atoms with Crippen molar-refractivity contribution in [1.82, 2.24) is 4.98 Å². The highest BCUT2D eigenvalue weighted by Crippen LogP contribution is 2.26. The van der Waals surface area contributed by atoms with E-state index < -0.39 is 0 Å². The van der Waals surface area contributed by atoms with Gasteiger partial charge in [0.05, 0.1) is 21.2 Å². The van der Waals surface area contributed by atoms with Gasteiger partial charge in [0.15, 0.2) is 10.6 Å². The summed E-state index contributed by atoms with van der Waals surface area (Å²) in [5, 5.41) is 3.75. The number of hydrogen-bond donors (Lipinski definition) is 1. The van der Waals surface area contributed by atoms with Gasteiger partial charge in [-0.05, 0) is 49.8 Å². The van der Waals surface area contributed by atoms with Crippen molar-refractivity contribution in [3.05, 3.63) is 75.7 Å². The maximum absolute atomic E-state index is 12.5. The number of aromatic nitrogens is 1. The normalized spacial score (nSPS) is 11.5. The van der Waals surface area contributed by atoms with Crippen LogP contribution in [0, 0.1) is 13.8 Å². The molecule has 0 unspecified atom stereocenters. The van der Waals surface area contributed by atoms with E-state index in [1.807, 2.05) is 38.1 Å². The third-order valence-corrected chi connectivity index (χ3v) is 5.08. The molecular formula is C21H16N2O3S. The first kappa shape index (κ1) is 17.2. The van der Waals surface area contributed by atoms with Gasteiger partial charge in [-0.1, -0.05) is 29.0 Å². The third-order valence-electron chi connectivity index (χ3n) is 4.14. The van der Waals surface area contributed by atoms with E-state index in [-0.39, 0.29) is 11.3 Å². The lowest BCUT2D eigenvalue weighted by Gasteiger charge is -2.00. The zero-order valence-corrected chi connectivity index (χ0v) is 15.6. The number of fused-ring (bicyclic) bond motifs is 2. The Hall–Kier alpha value is -3.25. The van der Waals surface area contributed by atoms with Crippen LogP contribution in [0.15, 0.2) is 57.9 Å². The molecule has 4 aromatic rings. The van der Waals surface area contributed by atoms with E-state index in [0.29, 0.717) is 21.7 Å². The SMILES string of the molecule is Cc1ccc2nc(NC(=O)/C=C/c3coc4ccc(C)cc4c3=O)sc2c1. The van der Waals surface area contributed by atoms with Crippen LogP contribution in [-0.4, -0.2) is 10.9 Å². The first-order valence-electron chi connectivity index (χ1n) is 8.38. The molecule has 5 nitrogen and oxygen atoms in total. The van der Waals surface area contributed by atoms with Crippen LogP contribution in [0.4, 0.5) is 5.13 Å². The van der Waals surface area contributed by atoms with Crippen molar-refractivity contribution in [3.63, 3.8) is 0 Å². The molecule has 0 aliphatic heterocycles. The Balaban J connectivity index is 1.56. The average molecular weight is 376 g/mol. The van der Waals surface area contributed by atoms with Crippen LogP contribution in [0.1, 0.15) is 16.7 Å². The van der Waals surface area contributed by atoms with Gasteiger partial charge in [-0.25, -0.2) is 4.98 Å². The molecule has 134 valence electrons. The summed E-state index contributed by atoms with van der Waals surface area (Å²) < 4.78 is 6.50. The first-order chi connectivity index (χ1) is 13.0. The first-order valence-corrected chi connectivity index (χ1v) is 9.20. The van der Waals surface area contributed by atoms with Crippen LogP contribution < -0.4 is 10.7 Å². The number of nitrogens with one attached hydrogen (secondary N) is 1. The smallest absolute Gasteiger partial charge is 0.250 e. The number of thiazole rings is 1. The number of carbonyl (C=O) groups excluding carboxylic acids is 1. The Labute approximate surface area is 159 Å². The molecule has 0 fully saturated rings. The summed E-state index contributed by atoms with van der Waals surface area (Å²) in [5.74, 6) is -0.352. The quantitative estimate of drug-likeness (QED) is 0.527. The van der Waals surface area contributed by atoms with Gasteiger partial charge in [-0.2, -0.15) is 0 Å². The lowest BCUT2D eigenvalue weighted by molar-refractivity contribution is -0.111. The van der Waals surface area contributed by atoms with E-state index in [4.69, 9.17) is 4.42 Å². The summed E-state index contributed by atoms with van der Waals surface area (Å²) >= 11 is 1.41. The maximum atomic E-state index is 12.5. The molecule has 0 bridgehead atoms. The Morgan fingerprint density at radius 2 is 1.93 bits per heavy atom. The highest BCUT2D eigenvalue weighted by molar-refractivity contribution is 7.22. The Kier molecular flexibility index (Phi) is 4.33. The molecule has 2 heterocycles. The van der Waals surface area contributed by atoms with Crippen LogP contribution in [0.25, 0.3) is 27.3 Å². The molecule has 0 aliphatic carbocycles. The number of rotatable bonds is 3. The fraction of sp³-hybridized carbons (Fsp3) is 0.0952. The number of benzene rings is 2. The largest absolute Gasteiger partial charge is 0.463 e. The number of aryl methyl sites for hydroxylation is 2. The van der Waals surface area contributed by atoms with Gasteiger partial charge in [0.25, 0.3) is 0 Å². The van der Waals surface area contributed by atoms with Crippen molar-refractivity contribution < 1.29 is 9.21 Å². The number of anilines is 1. The number of nitrogens with zero attached hydrogens (tertiary/aromatic N) is 1. The van der Waals surface area contributed by atoms with Gasteiger partial charge in [0, 0.05) is 6.08 Å². The van der Waals surface area contributed by atoms with Crippen molar-refractivity contribution in [2.45, 2.75) is 13.8 Å². The summed E-state index contributed by atoms with van der Waals surface area (Å²) in [6.45, 7) is 3.92. The molecule has 0 spiro atoms. The molecule has 0 radical (unpaired) electrons. The minimum absolute atomic E-state index is 0.167. The zero-order chi connectivity index (χ0) is 19.0.